The van der Waals surface area contributed by atoms with E-state index in [4.69, 9.17) is 17.2 Å². The Balaban J connectivity index is 2.15. The third-order valence-electron chi connectivity index (χ3n) is 3.14. The minimum atomic E-state index is 0.277. The van der Waals surface area contributed by atoms with Crippen LogP contribution in [0.5, 0.6) is 0 Å². The van der Waals surface area contributed by atoms with Gasteiger partial charge >= 0.3 is 0 Å². The van der Waals surface area contributed by atoms with Crippen LogP contribution >= 0.6 is 0 Å². The van der Waals surface area contributed by atoms with Gasteiger partial charge in [-0.1, -0.05) is 6.08 Å². The predicted molar refractivity (Wildman–Crippen MR) is 78.8 cm³/mol. The third kappa shape index (κ3) is 2.90. The van der Waals surface area contributed by atoms with Crippen LogP contribution in [-0.4, -0.2) is 12.0 Å². The van der Waals surface area contributed by atoms with Crippen molar-refractivity contribution in [2.45, 2.75) is 19.4 Å². The molecule has 1 aliphatic rings. The topological polar surface area (TPSA) is 115 Å². The van der Waals surface area contributed by atoms with E-state index in [1.807, 2.05) is 7.05 Å². The monoisotopic (exact) mass is 260 g/mol. The maximum Gasteiger partial charge on any atom is 0.149 e. The van der Waals surface area contributed by atoms with E-state index in [1.165, 1.54) is 5.70 Å². The number of anilines is 3. The number of hydrogen-bond donors (Lipinski definition) is 5. The second kappa shape index (κ2) is 5.51. The number of pyridine rings is 1. The number of hydrogen-bond acceptors (Lipinski definition) is 6. The smallest absolute Gasteiger partial charge is 0.149 e. The molecular formula is C13H20N6. The summed E-state index contributed by atoms with van der Waals surface area (Å²) in [4.78, 5) is 3.92. The fraction of sp³-hybridized carbons (Fsp3) is 0.308. The molecule has 0 saturated carbocycles. The molecule has 19 heavy (non-hydrogen) atoms. The van der Waals surface area contributed by atoms with Gasteiger partial charge in [0.15, 0.2) is 0 Å². The summed E-state index contributed by atoms with van der Waals surface area (Å²) < 4.78 is 0. The zero-order valence-electron chi connectivity index (χ0n) is 11.0. The van der Waals surface area contributed by atoms with Crippen LogP contribution in [0.2, 0.25) is 0 Å². The van der Waals surface area contributed by atoms with E-state index >= 15 is 0 Å². The summed E-state index contributed by atoms with van der Waals surface area (Å²) in [5.41, 5.74) is 20.9. The van der Waals surface area contributed by atoms with Crippen molar-refractivity contribution in [2.24, 2.45) is 0 Å². The molecule has 0 fully saturated rings. The fourth-order valence-corrected chi connectivity index (χ4v) is 2.08. The number of aromatic nitrogens is 1. The molecule has 2 rings (SSSR count). The molecule has 6 nitrogen and oxygen atoms in total. The van der Waals surface area contributed by atoms with Crippen LogP contribution in [-0.2, 0) is 6.54 Å². The van der Waals surface area contributed by atoms with Gasteiger partial charge in [-0.3, -0.25) is 0 Å². The zero-order valence-corrected chi connectivity index (χ0v) is 11.0. The summed E-state index contributed by atoms with van der Waals surface area (Å²) in [7, 11) is 1.92. The van der Waals surface area contributed by atoms with Crippen LogP contribution in [0, 0.1) is 0 Å². The van der Waals surface area contributed by atoms with Crippen molar-refractivity contribution >= 4 is 17.3 Å². The van der Waals surface area contributed by atoms with Crippen LogP contribution < -0.4 is 27.8 Å². The van der Waals surface area contributed by atoms with Crippen LogP contribution in [0.25, 0.3) is 0 Å². The van der Waals surface area contributed by atoms with E-state index in [0.717, 1.165) is 24.1 Å². The van der Waals surface area contributed by atoms with E-state index in [-0.39, 0.29) is 5.82 Å². The van der Waals surface area contributed by atoms with Crippen molar-refractivity contribution in [1.82, 2.24) is 15.6 Å². The Hall–Kier alpha value is -2.37. The predicted octanol–water partition coefficient (Wildman–Crippen LogP) is 0.699. The lowest BCUT2D eigenvalue weighted by atomic mass is 10.1. The number of rotatable bonds is 4. The highest BCUT2D eigenvalue weighted by molar-refractivity contribution is 5.66. The van der Waals surface area contributed by atoms with Gasteiger partial charge in [-0.2, -0.15) is 0 Å². The van der Waals surface area contributed by atoms with Crippen LogP contribution in [0.1, 0.15) is 18.4 Å². The van der Waals surface area contributed by atoms with Gasteiger partial charge in [0.2, 0.25) is 0 Å². The number of nitrogens with two attached hydrogens (primary N) is 3. The Bertz CT molecular complexity index is 532. The normalized spacial score (nSPS) is 14.6. The molecule has 0 unspecified atom stereocenters. The summed E-state index contributed by atoms with van der Waals surface area (Å²) in [6.45, 7) is 0.563. The quantitative estimate of drug-likeness (QED) is 0.544. The molecule has 0 bridgehead atoms. The lowest BCUT2D eigenvalue weighted by molar-refractivity contribution is 0.746. The minimum absolute atomic E-state index is 0.277. The van der Waals surface area contributed by atoms with Crippen molar-refractivity contribution in [1.29, 1.82) is 0 Å². The molecule has 1 aliphatic carbocycles. The molecule has 1 aromatic heterocycles. The van der Waals surface area contributed by atoms with Gasteiger partial charge in [0, 0.05) is 24.9 Å². The zero-order chi connectivity index (χ0) is 13.8. The first-order chi connectivity index (χ1) is 9.11. The Morgan fingerprint density at radius 3 is 2.84 bits per heavy atom. The van der Waals surface area contributed by atoms with Crippen molar-refractivity contribution < 1.29 is 0 Å². The molecule has 0 aliphatic heterocycles. The van der Waals surface area contributed by atoms with Crippen molar-refractivity contribution in [3.05, 3.63) is 35.2 Å². The molecule has 0 spiro atoms. The minimum Gasteiger partial charge on any atom is -0.395 e. The molecule has 6 heteroatoms. The lowest BCUT2D eigenvalue weighted by Gasteiger charge is -2.18. The first-order valence-corrected chi connectivity index (χ1v) is 6.23. The Kier molecular flexibility index (Phi) is 3.79. The van der Waals surface area contributed by atoms with E-state index in [0.29, 0.717) is 18.1 Å². The summed E-state index contributed by atoms with van der Waals surface area (Å²) in [6.07, 6.45) is 6.27. The van der Waals surface area contributed by atoms with E-state index in [1.54, 1.807) is 6.07 Å². The summed E-state index contributed by atoms with van der Waals surface area (Å²) in [5, 5.41) is 6.55. The number of nitrogen functional groups attached to an aromatic ring is 3. The maximum absolute atomic E-state index is 5.90. The van der Waals surface area contributed by atoms with E-state index < -0.39 is 0 Å². The van der Waals surface area contributed by atoms with Crippen molar-refractivity contribution in [3.8, 4) is 0 Å². The molecule has 8 N–H and O–H groups in total. The Morgan fingerprint density at radius 2 is 2.11 bits per heavy atom. The average Bonchev–Trinajstić information content (AvgIpc) is 2.41. The standard InChI is InChI=1S/C13H20N6/c1-17-9-4-2-3-5-10(9)18-7-8-6-11(14)19-13(16)12(8)15/h3,5-6,17-18H,2,4,7,15H2,1H3,(H4,14,16,19). The molecule has 1 heterocycles. The Labute approximate surface area is 112 Å². The first kappa shape index (κ1) is 13.1. The summed E-state index contributed by atoms with van der Waals surface area (Å²) >= 11 is 0. The van der Waals surface area contributed by atoms with Gasteiger partial charge in [0.1, 0.15) is 11.6 Å². The maximum atomic E-state index is 5.90. The van der Waals surface area contributed by atoms with E-state index in [9.17, 15) is 0 Å². The second-order valence-electron chi connectivity index (χ2n) is 4.44. The molecule has 102 valence electrons. The van der Waals surface area contributed by atoms with Crippen LogP contribution in [0.15, 0.2) is 29.6 Å². The van der Waals surface area contributed by atoms with Gasteiger partial charge in [0.05, 0.1) is 11.4 Å². The lowest BCUT2D eigenvalue weighted by Crippen LogP contribution is -2.21. The molecule has 0 atom stereocenters. The molecular weight excluding hydrogens is 240 g/mol. The number of nitrogens with one attached hydrogen (secondary N) is 2. The van der Waals surface area contributed by atoms with Gasteiger partial charge < -0.3 is 27.8 Å². The van der Waals surface area contributed by atoms with Crippen LogP contribution in [0.3, 0.4) is 0 Å². The Morgan fingerprint density at radius 1 is 1.32 bits per heavy atom. The van der Waals surface area contributed by atoms with E-state index in [2.05, 4.69) is 27.8 Å². The second-order valence-corrected chi connectivity index (χ2v) is 4.44. The highest BCUT2D eigenvalue weighted by Crippen LogP contribution is 2.21. The number of nitrogens with zero attached hydrogens (tertiary/aromatic N) is 1. The summed E-state index contributed by atoms with van der Waals surface area (Å²) in [6, 6.07) is 1.74. The highest BCUT2D eigenvalue weighted by atomic mass is 15.0. The van der Waals surface area contributed by atoms with Gasteiger partial charge in [0.25, 0.3) is 0 Å². The fourth-order valence-electron chi connectivity index (χ4n) is 2.08. The van der Waals surface area contributed by atoms with Crippen molar-refractivity contribution in [3.63, 3.8) is 0 Å². The summed E-state index contributed by atoms with van der Waals surface area (Å²) in [5.74, 6) is 0.657. The SMILES string of the molecule is CNC1=C(NCc2cc(N)nc(N)c2N)C=CCC1. The number of allylic oxidation sites excluding steroid dienone is 3. The average molecular weight is 260 g/mol. The first-order valence-electron chi connectivity index (χ1n) is 6.23. The highest BCUT2D eigenvalue weighted by Gasteiger charge is 2.09. The largest absolute Gasteiger partial charge is 0.395 e. The van der Waals surface area contributed by atoms with Gasteiger partial charge in [-0.25, -0.2) is 4.98 Å². The molecule has 1 aromatic rings. The van der Waals surface area contributed by atoms with Crippen LogP contribution in [0.4, 0.5) is 17.3 Å². The van der Waals surface area contributed by atoms with Crippen molar-refractivity contribution in [2.75, 3.05) is 24.2 Å². The van der Waals surface area contributed by atoms with Gasteiger partial charge in [-0.05, 0) is 25.0 Å². The molecule has 0 aromatic carbocycles. The van der Waals surface area contributed by atoms with Gasteiger partial charge in [-0.15, -0.1) is 0 Å². The molecule has 0 radical (unpaired) electrons. The molecule has 0 saturated heterocycles. The third-order valence-corrected chi connectivity index (χ3v) is 3.14. The molecule has 0 amide bonds.